The van der Waals surface area contributed by atoms with Crippen molar-refractivity contribution in [3.63, 3.8) is 0 Å². The Hall–Kier alpha value is -1.50. The van der Waals surface area contributed by atoms with Crippen LogP contribution in [0.5, 0.6) is 0 Å². The van der Waals surface area contributed by atoms with Gasteiger partial charge in [0.1, 0.15) is 0 Å². The van der Waals surface area contributed by atoms with Crippen molar-refractivity contribution in [3.8, 4) is 0 Å². The molecular weight excluding hydrogens is 298 g/mol. The maximum Gasteiger partial charge on any atom is 0.243 e. The maximum atomic E-state index is 13.1. The summed E-state index contributed by atoms with van der Waals surface area (Å²) in [4.78, 5) is 4.62. The predicted molar refractivity (Wildman–Crippen MR) is 87.4 cm³/mol. The number of rotatable bonds is 3. The lowest BCUT2D eigenvalue weighted by molar-refractivity contribution is 0.432. The zero-order valence-corrected chi connectivity index (χ0v) is 13.6. The highest BCUT2D eigenvalue weighted by molar-refractivity contribution is 7.89. The van der Waals surface area contributed by atoms with Crippen LogP contribution in [0.3, 0.4) is 0 Å². The van der Waals surface area contributed by atoms with E-state index in [0.717, 1.165) is 35.7 Å². The van der Waals surface area contributed by atoms with Crippen LogP contribution in [0.2, 0.25) is 0 Å². The van der Waals surface area contributed by atoms with Gasteiger partial charge in [0.05, 0.1) is 4.90 Å². The van der Waals surface area contributed by atoms with Crippen molar-refractivity contribution >= 4 is 20.8 Å². The van der Waals surface area contributed by atoms with Crippen LogP contribution in [0.1, 0.15) is 18.9 Å². The first-order valence-electron chi connectivity index (χ1n) is 7.71. The highest BCUT2D eigenvalue weighted by Crippen LogP contribution is 2.28. The fraction of sp³-hybridized carbons (Fsp3) is 0.438. The Morgan fingerprint density at radius 1 is 1.23 bits per heavy atom. The third-order valence-corrected chi connectivity index (χ3v) is 6.06. The van der Waals surface area contributed by atoms with Gasteiger partial charge in [0.2, 0.25) is 10.0 Å². The monoisotopic (exact) mass is 319 g/mol. The molecule has 1 aliphatic rings. The molecule has 0 spiro atoms. The zero-order valence-electron chi connectivity index (χ0n) is 12.7. The minimum absolute atomic E-state index is 0.408. The summed E-state index contributed by atoms with van der Waals surface area (Å²) in [6, 6.07) is 5.44. The average molecular weight is 319 g/mol. The molecule has 0 saturated carbocycles. The van der Waals surface area contributed by atoms with Crippen LogP contribution in [0.15, 0.2) is 35.5 Å². The summed E-state index contributed by atoms with van der Waals surface area (Å²) < 4.78 is 27.8. The van der Waals surface area contributed by atoms with Gasteiger partial charge in [0, 0.05) is 42.8 Å². The SMILES string of the molecule is CCc1cncc2cccc(S(=O)(=O)N3CCCNCC3)c12. The molecule has 0 unspecified atom stereocenters. The molecule has 0 radical (unpaired) electrons. The van der Waals surface area contributed by atoms with Crippen molar-refractivity contribution in [2.24, 2.45) is 0 Å². The van der Waals surface area contributed by atoms with E-state index in [2.05, 4.69) is 10.3 Å². The van der Waals surface area contributed by atoms with Crippen molar-refractivity contribution in [1.82, 2.24) is 14.6 Å². The molecular formula is C16H21N3O2S. The molecule has 0 amide bonds. The van der Waals surface area contributed by atoms with Crippen molar-refractivity contribution in [2.45, 2.75) is 24.7 Å². The third-order valence-electron chi connectivity index (χ3n) is 4.12. The minimum Gasteiger partial charge on any atom is -0.315 e. The second-order valence-corrected chi connectivity index (χ2v) is 7.42. The Morgan fingerprint density at radius 3 is 2.91 bits per heavy atom. The van der Waals surface area contributed by atoms with E-state index in [9.17, 15) is 8.42 Å². The molecule has 1 fully saturated rings. The smallest absolute Gasteiger partial charge is 0.243 e. The normalized spacial score (nSPS) is 17.5. The van der Waals surface area contributed by atoms with Gasteiger partial charge in [0.25, 0.3) is 0 Å². The summed E-state index contributed by atoms with van der Waals surface area (Å²) in [6.45, 7) is 4.68. The molecule has 1 aliphatic heterocycles. The Morgan fingerprint density at radius 2 is 2.09 bits per heavy atom. The highest BCUT2D eigenvalue weighted by Gasteiger charge is 2.27. The molecule has 22 heavy (non-hydrogen) atoms. The van der Waals surface area contributed by atoms with E-state index in [1.165, 1.54) is 0 Å². The number of nitrogens with zero attached hydrogens (tertiary/aromatic N) is 2. The fourth-order valence-corrected chi connectivity index (χ4v) is 4.69. The summed E-state index contributed by atoms with van der Waals surface area (Å²) in [5, 5.41) is 4.94. The first-order valence-corrected chi connectivity index (χ1v) is 9.15. The lowest BCUT2D eigenvalue weighted by Gasteiger charge is -2.21. The molecule has 118 valence electrons. The van der Waals surface area contributed by atoms with Crippen molar-refractivity contribution in [1.29, 1.82) is 0 Å². The number of hydrogen-bond donors (Lipinski definition) is 1. The topological polar surface area (TPSA) is 62.3 Å². The van der Waals surface area contributed by atoms with Crippen LogP contribution in [-0.2, 0) is 16.4 Å². The molecule has 1 aromatic heterocycles. The predicted octanol–water partition coefficient (Wildman–Crippen LogP) is 1.78. The Labute approximate surface area is 131 Å². The molecule has 3 rings (SSSR count). The van der Waals surface area contributed by atoms with Gasteiger partial charge in [-0.25, -0.2) is 8.42 Å². The van der Waals surface area contributed by atoms with Gasteiger partial charge >= 0.3 is 0 Å². The van der Waals surface area contributed by atoms with E-state index in [4.69, 9.17) is 0 Å². The number of aryl methyl sites for hydroxylation is 1. The number of sulfonamides is 1. The van der Waals surface area contributed by atoms with E-state index >= 15 is 0 Å². The summed E-state index contributed by atoms with van der Waals surface area (Å²) in [5.74, 6) is 0. The Bertz CT molecular complexity index is 761. The molecule has 0 atom stereocenters. The van der Waals surface area contributed by atoms with Crippen LogP contribution in [0, 0.1) is 0 Å². The molecule has 1 saturated heterocycles. The van der Waals surface area contributed by atoms with Crippen LogP contribution in [0.4, 0.5) is 0 Å². The minimum atomic E-state index is -3.48. The number of aromatic nitrogens is 1. The van der Waals surface area contributed by atoms with E-state index in [1.807, 2.05) is 13.0 Å². The van der Waals surface area contributed by atoms with Crippen LogP contribution >= 0.6 is 0 Å². The third kappa shape index (κ3) is 2.74. The molecule has 1 N–H and O–H groups in total. The van der Waals surface area contributed by atoms with Crippen LogP contribution in [0.25, 0.3) is 10.8 Å². The lowest BCUT2D eigenvalue weighted by atomic mass is 10.1. The van der Waals surface area contributed by atoms with Gasteiger partial charge < -0.3 is 5.32 Å². The fourth-order valence-electron chi connectivity index (χ4n) is 2.95. The van der Waals surface area contributed by atoms with Gasteiger partial charge in [-0.2, -0.15) is 4.31 Å². The standard InChI is InChI=1S/C16H21N3O2S/c1-2-13-11-18-12-14-5-3-6-15(16(13)14)22(20,21)19-9-4-7-17-8-10-19/h3,5-6,11-12,17H,2,4,7-10H2,1H3. The van der Waals surface area contributed by atoms with Crippen molar-refractivity contribution in [3.05, 3.63) is 36.2 Å². The maximum absolute atomic E-state index is 13.1. The molecule has 1 aromatic carbocycles. The quantitative estimate of drug-likeness (QED) is 0.937. The van der Waals surface area contributed by atoms with Gasteiger partial charge in [-0.1, -0.05) is 19.1 Å². The first-order chi connectivity index (χ1) is 10.6. The van der Waals surface area contributed by atoms with Gasteiger partial charge in [-0.3, -0.25) is 4.98 Å². The molecule has 0 bridgehead atoms. The Kier molecular flexibility index (Phi) is 4.42. The largest absolute Gasteiger partial charge is 0.315 e. The average Bonchev–Trinajstić information content (AvgIpc) is 2.83. The van der Waals surface area contributed by atoms with Gasteiger partial charge in [0.15, 0.2) is 0 Å². The van der Waals surface area contributed by atoms with Crippen LogP contribution < -0.4 is 5.32 Å². The number of benzene rings is 1. The van der Waals surface area contributed by atoms with Gasteiger partial charge in [-0.05, 0) is 31.0 Å². The molecule has 6 heteroatoms. The van der Waals surface area contributed by atoms with E-state index < -0.39 is 10.0 Å². The molecule has 2 aromatic rings. The van der Waals surface area contributed by atoms with E-state index in [1.54, 1.807) is 28.8 Å². The molecule has 5 nitrogen and oxygen atoms in total. The second-order valence-electron chi connectivity index (χ2n) is 5.51. The number of fused-ring (bicyclic) bond motifs is 1. The Balaban J connectivity index is 2.16. The lowest BCUT2D eigenvalue weighted by Crippen LogP contribution is -2.34. The summed E-state index contributed by atoms with van der Waals surface area (Å²) in [6.07, 6.45) is 5.10. The van der Waals surface area contributed by atoms with Gasteiger partial charge in [-0.15, -0.1) is 0 Å². The highest BCUT2D eigenvalue weighted by atomic mass is 32.2. The first kappa shape index (κ1) is 15.4. The van der Waals surface area contributed by atoms with E-state index in [0.29, 0.717) is 24.5 Å². The number of pyridine rings is 1. The summed E-state index contributed by atoms with van der Waals surface area (Å²) in [7, 11) is -3.48. The number of nitrogens with one attached hydrogen (secondary N) is 1. The van der Waals surface area contributed by atoms with Crippen molar-refractivity contribution in [2.75, 3.05) is 26.2 Å². The van der Waals surface area contributed by atoms with Crippen molar-refractivity contribution < 1.29 is 8.42 Å². The van der Waals surface area contributed by atoms with E-state index in [-0.39, 0.29) is 0 Å². The molecule has 0 aliphatic carbocycles. The van der Waals surface area contributed by atoms with Crippen LogP contribution in [-0.4, -0.2) is 43.9 Å². The summed E-state index contributed by atoms with van der Waals surface area (Å²) >= 11 is 0. The second kappa shape index (κ2) is 6.32. The zero-order chi connectivity index (χ0) is 15.6. The summed E-state index contributed by atoms with van der Waals surface area (Å²) in [5.41, 5.74) is 0.977. The molecule has 2 heterocycles. The number of hydrogen-bond acceptors (Lipinski definition) is 4.